The minimum absolute atomic E-state index is 0.0448. The van der Waals surface area contributed by atoms with Crippen LogP contribution >= 0.6 is 0 Å². The number of benzene rings is 2. The number of rotatable bonds is 3. The zero-order valence-electron chi connectivity index (χ0n) is 11.3. The minimum atomic E-state index is 0.0448. The van der Waals surface area contributed by atoms with Gasteiger partial charge in [0.1, 0.15) is 23.4 Å². The van der Waals surface area contributed by atoms with Crippen molar-refractivity contribution in [2.45, 2.75) is 12.5 Å². The van der Waals surface area contributed by atoms with Crippen LogP contribution in [-0.2, 0) is 6.42 Å². The number of ether oxygens (including phenoxy) is 2. The van der Waals surface area contributed by atoms with E-state index >= 15 is 0 Å². The summed E-state index contributed by atoms with van der Waals surface area (Å²) >= 11 is 0. The Morgan fingerprint density at radius 2 is 2.15 bits per heavy atom. The van der Waals surface area contributed by atoms with Crippen LogP contribution in [-0.4, -0.2) is 24.9 Å². The summed E-state index contributed by atoms with van der Waals surface area (Å²) in [5, 5.41) is 12.7. The molecule has 0 spiro atoms. The third-order valence-corrected chi connectivity index (χ3v) is 3.42. The Morgan fingerprint density at radius 3 is 3.00 bits per heavy atom. The first-order chi connectivity index (χ1) is 9.76. The van der Waals surface area contributed by atoms with Gasteiger partial charge in [0, 0.05) is 12.5 Å². The zero-order valence-corrected chi connectivity index (χ0v) is 11.3. The van der Waals surface area contributed by atoms with E-state index in [0.717, 1.165) is 29.2 Å². The van der Waals surface area contributed by atoms with Crippen molar-refractivity contribution in [1.82, 2.24) is 0 Å². The van der Waals surface area contributed by atoms with Crippen molar-refractivity contribution in [2.24, 2.45) is 0 Å². The Hall–Kier alpha value is -2.36. The number of para-hydroxylation sites is 1. The molecule has 0 fully saturated rings. The molecular weight excluding hydrogens is 254 g/mol. The number of phenolic OH excluding ortho intramolecular Hbond substituents is 1. The molecule has 1 heterocycles. The van der Waals surface area contributed by atoms with E-state index in [1.165, 1.54) is 0 Å². The fourth-order valence-electron chi connectivity index (χ4n) is 2.43. The monoisotopic (exact) mass is 271 g/mol. The highest BCUT2D eigenvalue weighted by Gasteiger charge is 2.21. The molecule has 20 heavy (non-hydrogen) atoms. The topological polar surface area (TPSA) is 50.7 Å². The fourth-order valence-corrected chi connectivity index (χ4v) is 2.43. The summed E-state index contributed by atoms with van der Waals surface area (Å²) in [6, 6.07) is 13.1. The van der Waals surface area contributed by atoms with Crippen molar-refractivity contribution in [3.63, 3.8) is 0 Å². The van der Waals surface area contributed by atoms with Crippen LogP contribution in [0.1, 0.15) is 5.56 Å². The predicted octanol–water partition coefficient (Wildman–Crippen LogP) is 2.82. The first-order valence-corrected chi connectivity index (χ1v) is 6.61. The molecule has 0 saturated heterocycles. The van der Waals surface area contributed by atoms with Gasteiger partial charge in [0.2, 0.25) is 0 Å². The van der Waals surface area contributed by atoms with Crippen LogP contribution in [0, 0.1) is 0 Å². The summed E-state index contributed by atoms with van der Waals surface area (Å²) in [6.07, 6.45) is 0.820. The van der Waals surface area contributed by atoms with E-state index < -0.39 is 0 Å². The summed E-state index contributed by atoms with van der Waals surface area (Å²) in [7, 11) is 1.68. The van der Waals surface area contributed by atoms with Crippen LogP contribution < -0.4 is 14.8 Å². The second-order valence-corrected chi connectivity index (χ2v) is 4.82. The molecule has 0 aliphatic carbocycles. The van der Waals surface area contributed by atoms with Gasteiger partial charge in [-0.1, -0.05) is 18.2 Å². The maximum absolute atomic E-state index is 9.45. The third kappa shape index (κ3) is 2.50. The van der Waals surface area contributed by atoms with E-state index in [2.05, 4.69) is 11.4 Å². The number of anilines is 1. The lowest BCUT2D eigenvalue weighted by Gasteiger charge is -2.28. The quantitative estimate of drug-likeness (QED) is 0.901. The minimum Gasteiger partial charge on any atom is -0.508 e. The molecule has 104 valence electrons. The van der Waals surface area contributed by atoms with Crippen molar-refractivity contribution in [2.75, 3.05) is 19.0 Å². The summed E-state index contributed by atoms with van der Waals surface area (Å²) in [5.41, 5.74) is 1.96. The summed E-state index contributed by atoms with van der Waals surface area (Å²) in [6.45, 7) is 0.703. The van der Waals surface area contributed by atoms with Crippen molar-refractivity contribution in [3.05, 3.63) is 48.0 Å². The van der Waals surface area contributed by atoms with Crippen LogP contribution in [0.2, 0.25) is 0 Å². The molecule has 1 aliphatic heterocycles. The molecule has 0 aromatic heterocycles. The van der Waals surface area contributed by atoms with E-state index in [1.54, 1.807) is 25.3 Å². The van der Waals surface area contributed by atoms with E-state index in [4.69, 9.17) is 9.47 Å². The number of nitrogens with one attached hydrogen (secondary N) is 1. The Bertz CT molecular complexity index is 612. The van der Waals surface area contributed by atoms with Crippen molar-refractivity contribution in [3.8, 4) is 17.2 Å². The van der Waals surface area contributed by atoms with Gasteiger partial charge in [-0.3, -0.25) is 0 Å². The molecule has 0 amide bonds. The Balaban J connectivity index is 1.76. The highest BCUT2D eigenvalue weighted by atomic mass is 16.5. The summed E-state index contributed by atoms with van der Waals surface area (Å²) < 4.78 is 11.3. The molecule has 1 aliphatic rings. The molecule has 3 rings (SSSR count). The number of phenols is 1. The van der Waals surface area contributed by atoms with Crippen LogP contribution in [0.15, 0.2) is 42.5 Å². The van der Waals surface area contributed by atoms with Gasteiger partial charge in [0.25, 0.3) is 0 Å². The summed E-state index contributed by atoms with van der Waals surface area (Å²) in [4.78, 5) is 0. The van der Waals surface area contributed by atoms with Gasteiger partial charge < -0.3 is 19.9 Å². The molecule has 0 radical (unpaired) electrons. The van der Waals surface area contributed by atoms with Crippen LogP contribution in [0.4, 0.5) is 5.69 Å². The molecule has 0 bridgehead atoms. The van der Waals surface area contributed by atoms with Gasteiger partial charge in [-0.2, -0.15) is 0 Å². The van der Waals surface area contributed by atoms with Gasteiger partial charge in [-0.05, 0) is 23.8 Å². The Kier molecular flexibility index (Phi) is 3.37. The number of methoxy groups -OCH3 is 1. The van der Waals surface area contributed by atoms with Gasteiger partial charge >= 0.3 is 0 Å². The van der Waals surface area contributed by atoms with E-state index in [0.29, 0.717) is 6.54 Å². The molecular formula is C16H17NO3. The highest BCUT2D eigenvalue weighted by molar-refractivity contribution is 5.61. The molecule has 2 N–H and O–H groups in total. The third-order valence-electron chi connectivity index (χ3n) is 3.42. The highest BCUT2D eigenvalue weighted by Crippen LogP contribution is 2.33. The van der Waals surface area contributed by atoms with E-state index in [-0.39, 0.29) is 11.9 Å². The standard InChI is InChI=1S/C16H17NO3/c1-19-15-5-3-2-4-11(15)8-13-10-17-14-9-12(18)6-7-16(14)20-13/h2-7,9,13,17-18H,8,10H2,1H3. The molecule has 4 nitrogen and oxygen atoms in total. The number of hydrogen-bond donors (Lipinski definition) is 2. The molecule has 1 atom stereocenters. The molecule has 2 aromatic rings. The van der Waals surface area contributed by atoms with Crippen LogP contribution in [0.3, 0.4) is 0 Å². The van der Waals surface area contributed by atoms with Crippen molar-refractivity contribution in [1.29, 1.82) is 0 Å². The SMILES string of the molecule is COc1ccccc1CC1CNc2cc(O)ccc2O1. The average Bonchev–Trinajstić information content (AvgIpc) is 2.48. The maximum Gasteiger partial charge on any atom is 0.143 e. The Morgan fingerprint density at radius 1 is 1.30 bits per heavy atom. The smallest absolute Gasteiger partial charge is 0.143 e. The van der Waals surface area contributed by atoms with Gasteiger partial charge in [-0.25, -0.2) is 0 Å². The van der Waals surface area contributed by atoms with Gasteiger partial charge in [-0.15, -0.1) is 0 Å². The zero-order chi connectivity index (χ0) is 13.9. The molecule has 1 unspecified atom stereocenters. The van der Waals surface area contributed by atoms with Gasteiger partial charge in [0.05, 0.1) is 19.3 Å². The average molecular weight is 271 g/mol. The molecule has 0 saturated carbocycles. The van der Waals surface area contributed by atoms with Gasteiger partial charge in [0.15, 0.2) is 0 Å². The Labute approximate surface area is 118 Å². The van der Waals surface area contributed by atoms with E-state index in [1.807, 2.05) is 18.2 Å². The number of fused-ring (bicyclic) bond motifs is 1. The van der Waals surface area contributed by atoms with Crippen LogP contribution in [0.25, 0.3) is 0 Å². The first kappa shape index (κ1) is 12.7. The normalized spacial score (nSPS) is 16.8. The lowest BCUT2D eigenvalue weighted by atomic mass is 10.1. The fraction of sp³-hybridized carbons (Fsp3) is 0.250. The molecule has 2 aromatic carbocycles. The lowest BCUT2D eigenvalue weighted by Crippen LogP contribution is -2.32. The van der Waals surface area contributed by atoms with E-state index in [9.17, 15) is 5.11 Å². The largest absolute Gasteiger partial charge is 0.508 e. The van der Waals surface area contributed by atoms with Crippen molar-refractivity contribution < 1.29 is 14.6 Å². The number of hydrogen-bond acceptors (Lipinski definition) is 4. The van der Waals surface area contributed by atoms with Crippen molar-refractivity contribution >= 4 is 5.69 Å². The second kappa shape index (κ2) is 5.33. The first-order valence-electron chi connectivity index (χ1n) is 6.61. The number of aromatic hydroxyl groups is 1. The second-order valence-electron chi connectivity index (χ2n) is 4.82. The maximum atomic E-state index is 9.45. The van der Waals surface area contributed by atoms with Crippen LogP contribution in [0.5, 0.6) is 17.2 Å². The molecule has 4 heteroatoms. The lowest BCUT2D eigenvalue weighted by molar-refractivity contribution is 0.204. The summed E-state index contributed by atoms with van der Waals surface area (Å²) in [5.74, 6) is 1.89. The predicted molar refractivity (Wildman–Crippen MR) is 77.7 cm³/mol.